The highest BCUT2D eigenvalue weighted by molar-refractivity contribution is 7.91. The predicted octanol–water partition coefficient (Wildman–Crippen LogP) is 1.05. The summed E-state index contributed by atoms with van der Waals surface area (Å²) >= 11 is 0. The molecular formula is C10H10FNO3S. The Morgan fingerprint density at radius 1 is 1.38 bits per heavy atom. The number of nitrogens with one attached hydrogen (secondary N) is 1. The molecule has 0 heterocycles. The van der Waals surface area contributed by atoms with E-state index in [-0.39, 0.29) is 5.56 Å². The average molecular weight is 243 g/mol. The Bertz CT molecular complexity index is 523. The summed E-state index contributed by atoms with van der Waals surface area (Å²) in [5, 5.41) is -0.468. The zero-order chi connectivity index (χ0) is 11.8. The molecule has 1 aliphatic rings. The van der Waals surface area contributed by atoms with Gasteiger partial charge >= 0.3 is 0 Å². The molecule has 1 N–H and O–H groups in total. The molecule has 86 valence electrons. The molecule has 2 rings (SSSR count). The summed E-state index contributed by atoms with van der Waals surface area (Å²) in [6.45, 7) is 0. The molecule has 0 spiro atoms. The fraction of sp³-hybridized carbons (Fsp3) is 0.300. The molecule has 0 unspecified atom stereocenters. The van der Waals surface area contributed by atoms with Crippen LogP contribution in [0.3, 0.4) is 0 Å². The predicted molar refractivity (Wildman–Crippen MR) is 55.8 cm³/mol. The molecule has 0 atom stereocenters. The van der Waals surface area contributed by atoms with Gasteiger partial charge in [0.05, 0.1) is 5.25 Å². The number of hydrogen-bond acceptors (Lipinski definition) is 3. The second-order valence-corrected chi connectivity index (χ2v) is 5.65. The molecular weight excluding hydrogens is 233 g/mol. The molecule has 1 aliphatic carbocycles. The van der Waals surface area contributed by atoms with Crippen LogP contribution in [0.1, 0.15) is 23.2 Å². The largest absolute Gasteiger partial charge is 0.268 e. The fourth-order valence-electron chi connectivity index (χ4n) is 1.28. The standard InChI is InChI=1S/C10H10FNO3S/c11-8-3-1-2-7(6-8)10(13)12-16(14,15)9-4-5-9/h1-3,6,9H,4-5H2,(H,12,13). The van der Waals surface area contributed by atoms with Crippen LogP contribution in [0.5, 0.6) is 0 Å². The SMILES string of the molecule is O=C(NS(=O)(=O)C1CC1)c1cccc(F)c1. The maximum absolute atomic E-state index is 12.8. The van der Waals surface area contributed by atoms with Crippen molar-refractivity contribution in [3.05, 3.63) is 35.6 Å². The van der Waals surface area contributed by atoms with Crippen molar-refractivity contribution in [2.45, 2.75) is 18.1 Å². The Morgan fingerprint density at radius 2 is 2.06 bits per heavy atom. The van der Waals surface area contributed by atoms with Crippen LogP contribution in [0.15, 0.2) is 24.3 Å². The van der Waals surface area contributed by atoms with Gasteiger partial charge < -0.3 is 0 Å². The number of halogens is 1. The Balaban J connectivity index is 2.14. The Labute approximate surface area is 92.5 Å². The van der Waals surface area contributed by atoms with E-state index < -0.39 is 27.0 Å². The molecule has 0 aromatic heterocycles. The maximum Gasteiger partial charge on any atom is 0.264 e. The molecule has 0 aliphatic heterocycles. The summed E-state index contributed by atoms with van der Waals surface area (Å²) in [5.74, 6) is -1.36. The van der Waals surface area contributed by atoms with Gasteiger partial charge in [0.2, 0.25) is 10.0 Å². The lowest BCUT2D eigenvalue weighted by Crippen LogP contribution is -2.33. The number of carbonyl (C=O) groups is 1. The van der Waals surface area contributed by atoms with Crippen LogP contribution in [-0.2, 0) is 10.0 Å². The highest BCUT2D eigenvalue weighted by Crippen LogP contribution is 2.27. The van der Waals surface area contributed by atoms with Crippen molar-refractivity contribution >= 4 is 15.9 Å². The molecule has 4 nitrogen and oxygen atoms in total. The topological polar surface area (TPSA) is 63.2 Å². The van der Waals surface area contributed by atoms with Gasteiger partial charge in [-0.1, -0.05) is 6.07 Å². The minimum atomic E-state index is -3.57. The smallest absolute Gasteiger partial charge is 0.264 e. The first-order valence-electron chi connectivity index (χ1n) is 4.80. The third-order valence-electron chi connectivity index (χ3n) is 2.28. The quantitative estimate of drug-likeness (QED) is 0.863. The van der Waals surface area contributed by atoms with Gasteiger partial charge in [-0.25, -0.2) is 17.5 Å². The number of rotatable bonds is 3. The van der Waals surface area contributed by atoms with E-state index in [1.54, 1.807) is 0 Å². The summed E-state index contributed by atoms with van der Waals surface area (Å²) in [6.07, 6.45) is 1.15. The number of amides is 1. The number of sulfonamides is 1. The maximum atomic E-state index is 12.8. The Kier molecular flexibility index (Phi) is 2.67. The van der Waals surface area contributed by atoms with Crippen molar-refractivity contribution < 1.29 is 17.6 Å². The van der Waals surface area contributed by atoms with Crippen molar-refractivity contribution in [3.63, 3.8) is 0 Å². The molecule has 1 fully saturated rings. The van der Waals surface area contributed by atoms with E-state index in [0.717, 1.165) is 6.07 Å². The van der Waals surface area contributed by atoms with Gasteiger partial charge in [0.1, 0.15) is 5.82 Å². The zero-order valence-electron chi connectivity index (χ0n) is 8.31. The van der Waals surface area contributed by atoms with E-state index in [1.165, 1.54) is 18.2 Å². The van der Waals surface area contributed by atoms with Gasteiger partial charge in [-0.2, -0.15) is 0 Å². The highest BCUT2D eigenvalue weighted by Gasteiger charge is 2.36. The van der Waals surface area contributed by atoms with Crippen LogP contribution in [0, 0.1) is 5.82 Å². The minimum absolute atomic E-state index is 0.00391. The number of hydrogen-bond donors (Lipinski definition) is 1. The summed E-state index contributed by atoms with van der Waals surface area (Å²) in [7, 11) is -3.57. The molecule has 6 heteroatoms. The van der Waals surface area contributed by atoms with Crippen LogP contribution >= 0.6 is 0 Å². The fourth-order valence-corrected chi connectivity index (χ4v) is 2.58. The lowest BCUT2D eigenvalue weighted by atomic mass is 10.2. The third kappa shape index (κ3) is 2.38. The van der Waals surface area contributed by atoms with Crippen molar-refractivity contribution in [1.29, 1.82) is 0 Å². The summed E-state index contributed by atoms with van der Waals surface area (Å²) in [6, 6.07) is 4.90. The average Bonchev–Trinajstić information content (AvgIpc) is 3.00. The molecule has 1 aromatic carbocycles. The third-order valence-corrected chi connectivity index (χ3v) is 4.10. The molecule has 0 saturated heterocycles. The second-order valence-electron chi connectivity index (χ2n) is 3.69. The molecule has 0 bridgehead atoms. The van der Waals surface area contributed by atoms with Gasteiger partial charge in [-0.3, -0.25) is 4.79 Å². The van der Waals surface area contributed by atoms with Crippen molar-refractivity contribution in [2.24, 2.45) is 0 Å². The van der Waals surface area contributed by atoms with Gasteiger partial charge in [-0.05, 0) is 31.0 Å². The van der Waals surface area contributed by atoms with E-state index in [4.69, 9.17) is 0 Å². The van der Waals surface area contributed by atoms with Crippen molar-refractivity contribution in [2.75, 3.05) is 0 Å². The van der Waals surface area contributed by atoms with Crippen LogP contribution in [-0.4, -0.2) is 19.6 Å². The summed E-state index contributed by atoms with van der Waals surface area (Å²) < 4.78 is 37.6. The normalized spacial score (nSPS) is 15.8. The monoisotopic (exact) mass is 243 g/mol. The van der Waals surface area contributed by atoms with Gasteiger partial charge in [0, 0.05) is 5.56 Å². The van der Waals surface area contributed by atoms with Crippen molar-refractivity contribution in [1.82, 2.24) is 4.72 Å². The lowest BCUT2D eigenvalue weighted by Gasteiger charge is -2.05. The van der Waals surface area contributed by atoms with Gasteiger partial charge in [-0.15, -0.1) is 0 Å². The van der Waals surface area contributed by atoms with Crippen LogP contribution in [0.4, 0.5) is 4.39 Å². The second kappa shape index (κ2) is 3.86. The molecule has 1 saturated carbocycles. The minimum Gasteiger partial charge on any atom is -0.268 e. The molecule has 0 radical (unpaired) electrons. The Morgan fingerprint density at radius 3 is 2.62 bits per heavy atom. The molecule has 1 aromatic rings. The van der Waals surface area contributed by atoms with Crippen LogP contribution < -0.4 is 4.72 Å². The van der Waals surface area contributed by atoms with Gasteiger partial charge in [0.15, 0.2) is 0 Å². The van der Waals surface area contributed by atoms with Gasteiger partial charge in [0.25, 0.3) is 5.91 Å². The number of carbonyl (C=O) groups excluding carboxylic acids is 1. The first-order chi connectivity index (χ1) is 7.49. The van der Waals surface area contributed by atoms with E-state index in [0.29, 0.717) is 12.8 Å². The van der Waals surface area contributed by atoms with Crippen LogP contribution in [0.25, 0.3) is 0 Å². The summed E-state index contributed by atoms with van der Waals surface area (Å²) in [5.41, 5.74) is 0.00391. The first kappa shape index (κ1) is 11.1. The highest BCUT2D eigenvalue weighted by atomic mass is 32.2. The summed E-state index contributed by atoms with van der Waals surface area (Å²) in [4.78, 5) is 11.5. The lowest BCUT2D eigenvalue weighted by molar-refractivity contribution is 0.0981. The molecule has 1 amide bonds. The van der Waals surface area contributed by atoms with Crippen molar-refractivity contribution in [3.8, 4) is 0 Å². The molecule has 16 heavy (non-hydrogen) atoms. The first-order valence-corrected chi connectivity index (χ1v) is 6.35. The van der Waals surface area contributed by atoms with E-state index in [9.17, 15) is 17.6 Å². The van der Waals surface area contributed by atoms with E-state index in [2.05, 4.69) is 0 Å². The van der Waals surface area contributed by atoms with E-state index >= 15 is 0 Å². The van der Waals surface area contributed by atoms with E-state index in [1.807, 2.05) is 4.72 Å². The van der Waals surface area contributed by atoms with Crippen LogP contribution in [0.2, 0.25) is 0 Å². The number of benzene rings is 1. The zero-order valence-corrected chi connectivity index (χ0v) is 9.13. The Hall–Kier alpha value is -1.43.